The number of hydrogen-bond donors (Lipinski definition) is 3. The first-order chi connectivity index (χ1) is 16.3. The molecule has 3 N–H and O–H groups in total. The van der Waals surface area contributed by atoms with Gasteiger partial charge in [0.05, 0.1) is 18.8 Å². The number of β-amino-alcohol motifs (C(OH)–C–C–N with tert-alkyl or cyclic N) is 1. The summed E-state index contributed by atoms with van der Waals surface area (Å²) >= 11 is 0. The summed E-state index contributed by atoms with van der Waals surface area (Å²) in [5.41, 5.74) is 12.6. The zero-order chi connectivity index (χ0) is 24.8. The summed E-state index contributed by atoms with van der Waals surface area (Å²) in [6.45, 7) is 5.11. The van der Waals surface area contributed by atoms with Gasteiger partial charge in [-0.05, 0) is 46.7 Å². The van der Waals surface area contributed by atoms with Gasteiger partial charge in [0.25, 0.3) is 0 Å². The summed E-state index contributed by atoms with van der Waals surface area (Å²) in [6, 6.07) is 6.83. The number of benzene rings is 1. The number of carbonyl (C=O) groups is 2. The predicted octanol–water partition coefficient (Wildman–Crippen LogP) is 2.50. The molecule has 1 saturated heterocycles. The molecule has 10 heteroatoms. The lowest BCUT2D eigenvalue weighted by Gasteiger charge is -2.29. The molecule has 1 aromatic carbocycles. The van der Waals surface area contributed by atoms with Crippen molar-refractivity contribution >= 4 is 11.8 Å². The molecule has 0 spiro atoms. The van der Waals surface area contributed by atoms with Crippen LogP contribution in [-0.2, 0) is 9.59 Å². The number of carbonyl (C=O) groups excluding carboxylic acids is 2. The van der Waals surface area contributed by atoms with Gasteiger partial charge in [-0.1, -0.05) is 43.2 Å². The molecular formula is C24H30N6O4. The van der Waals surface area contributed by atoms with E-state index in [0.29, 0.717) is 5.56 Å². The van der Waals surface area contributed by atoms with Crippen molar-refractivity contribution in [3.8, 4) is 11.1 Å². The Morgan fingerprint density at radius 3 is 2.59 bits per heavy atom. The maximum absolute atomic E-state index is 13.1. The molecular weight excluding hydrogens is 436 g/mol. The number of rotatable bonds is 8. The minimum atomic E-state index is -0.969. The maximum atomic E-state index is 13.1. The lowest BCUT2D eigenvalue weighted by atomic mass is 9.99. The van der Waals surface area contributed by atoms with E-state index >= 15 is 0 Å². The first-order valence-electron chi connectivity index (χ1n) is 11.2. The highest BCUT2D eigenvalue weighted by atomic mass is 16.3. The highest BCUT2D eigenvalue weighted by Gasteiger charge is 2.42. The Hall–Kier alpha value is -3.46. The van der Waals surface area contributed by atoms with Gasteiger partial charge in [0.2, 0.25) is 11.8 Å². The van der Waals surface area contributed by atoms with Crippen LogP contribution in [0.25, 0.3) is 21.6 Å². The standard InChI is InChI=1S/C24H30N6O4/c1-14(2)22(28-29-25)24(34)30-12-18(32)10-21(30)23(33)27-20(13-31)17-6-4-16(5-7-17)19-8-9-26-11-15(19)3/h4-9,11,14,18,20-22,31-32H,10,12-13H2,1-3H3,(H,27,33)/t18-,20+,21+,22+/m1/s1. The lowest BCUT2D eigenvalue weighted by Crippen LogP contribution is -2.50. The van der Waals surface area contributed by atoms with Gasteiger partial charge in [0, 0.05) is 30.3 Å². The minimum Gasteiger partial charge on any atom is -0.394 e. The third-order valence-corrected chi connectivity index (χ3v) is 6.07. The van der Waals surface area contributed by atoms with E-state index in [1.165, 1.54) is 4.90 Å². The Labute approximate surface area is 198 Å². The molecule has 2 aromatic rings. The average molecular weight is 467 g/mol. The van der Waals surface area contributed by atoms with Crippen molar-refractivity contribution in [1.82, 2.24) is 15.2 Å². The zero-order valence-electron chi connectivity index (χ0n) is 19.5. The van der Waals surface area contributed by atoms with Crippen molar-refractivity contribution in [3.63, 3.8) is 0 Å². The second kappa shape index (κ2) is 11.1. The molecule has 1 aliphatic rings. The molecule has 34 heavy (non-hydrogen) atoms. The van der Waals surface area contributed by atoms with E-state index in [1.807, 2.05) is 37.3 Å². The van der Waals surface area contributed by atoms with Gasteiger partial charge in [0.1, 0.15) is 12.1 Å². The van der Waals surface area contributed by atoms with Gasteiger partial charge in [-0.15, -0.1) is 0 Å². The molecule has 3 rings (SSSR count). The largest absolute Gasteiger partial charge is 0.394 e. The number of likely N-dealkylation sites (tertiary alicyclic amines) is 1. The number of hydrogen-bond acceptors (Lipinski definition) is 6. The summed E-state index contributed by atoms with van der Waals surface area (Å²) in [4.78, 5) is 34.2. The number of amides is 2. The number of nitrogens with zero attached hydrogens (tertiary/aromatic N) is 5. The van der Waals surface area contributed by atoms with Crippen LogP contribution in [0.15, 0.2) is 47.8 Å². The van der Waals surface area contributed by atoms with Crippen LogP contribution >= 0.6 is 0 Å². The average Bonchev–Trinajstić information content (AvgIpc) is 3.22. The highest BCUT2D eigenvalue weighted by molar-refractivity contribution is 5.91. The second-order valence-corrected chi connectivity index (χ2v) is 8.85. The Morgan fingerprint density at radius 2 is 2.00 bits per heavy atom. The van der Waals surface area contributed by atoms with Crippen LogP contribution in [0, 0.1) is 12.8 Å². The normalized spacial score (nSPS) is 19.4. The van der Waals surface area contributed by atoms with Crippen molar-refractivity contribution in [2.24, 2.45) is 11.0 Å². The van der Waals surface area contributed by atoms with Gasteiger partial charge in [-0.2, -0.15) is 0 Å². The smallest absolute Gasteiger partial charge is 0.243 e. The molecule has 0 saturated carbocycles. The van der Waals surface area contributed by atoms with Crippen molar-refractivity contribution in [2.45, 2.75) is 51.4 Å². The second-order valence-electron chi connectivity index (χ2n) is 8.85. The topological polar surface area (TPSA) is 152 Å². The van der Waals surface area contributed by atoms with Crippen molar-refractivity contribution in [1.29, 1.82) is 0 Å². The maximum Gasteiger partial charge on any atom is 0.243 e. The number of aromatic nitrogens is 1. The number of pyridine rings is 1. The minimum absolute atomic E-state index is 0.0230. The fraction of sp³-hybridized carbons (Fsp3) is 0.458. The molecule has 1 aliphatic heterocycles. The Kier molecular flexibility index (Phi) is 8.22. The van der Waals surface area contributed by atoms with Crippen LogP contribution in [0.2, 0.25) is 0 Å². The number of aryl methyl sites for hydroxylation is 1. The van der Waals surface area contributed by atoms with Crippen molar-refractivity contribution in [2.75, 3.05) is 13.2 Å². The lowest BCUT2D eigenvalue weighted by molar-refractivity contribution is -0.140. The summed E-state index contributed by atoms with van der Waals surface area (Å²) in [5.74, 6) is -1.25. The Bertz CT molecular complexity index is 1070. The first kappa shape index (κ1) is 25.2. The number of azide groups is 1. The molecule has 0 radical (unpaired) electrons. The quantitative estimate of drug-likeness (QED) is 0.310. The Morgan fingerprint density at radius 1 is 1.29 bits per heavy atom. The summed E-state index contributed by atoms with van der Waals surface area (Å²) in [6.07, 6.45) is 2.71. The van der Waals surface area contributed by atoms with Gasteiger partial charge in [-0.3, -0.25) is 14.6 Å². The van der Waals surface area contributed by atoms with E-state index in [1.54, 1.807) is 26.2 Å². The first-order valence-corrected chi connectivity index (χ1v) is 11.2. The summed E-state index contributed by atoms with van der Waals surface area (Å²) in [7, 11) is 0. The van der Waals surface area contributed by atoms with Crippen molar-refractivity contribution in [3.05, 3.63) is 64.3 Å². The van der Waals surface area contributed by atoms with Crippen molar-refractivity contribution < 1.29 is 19.8 Å². The summed E-state index contributed by atoms with van der Waals surface area (Å²) < 4.78 is 0. The van der Waals surface area contributed by atoms with E-state index in [-0.39, 0.29) is 25.5 Å². The van der Waals surface area contributed by atoms with E-state index in [0.717, 1.165) is 16.7 Å². The van der Waals surface area contributed by atoms with Gasteiger partial charge < -0.3 is 20.4 Å². The van der Waals surface area contributed by atoms with Crippen LogP contribution in [0.1, 0.15) is 37.4 Å². The van der Waals surface area contributed by atoms with Gasteiger partial charge >= 0.3 is 0 Å². The Balaban J connectivity index is 1.76. The molecule has 4 atom stereocenters. The molecule has 0 bridgehead atoms. The third-order valence-electron chi connectivity index (χ3n) is 6.07. The summed E-state index contributed by atoms with van der Waals surface area (Å²) in [5, 5.41) is 26.5. The SMILES string of the molecule is Cc1cnccc1-c1ccc([C@H](CO)NC(=O)[C@@H]2C[C@@H](O)CN2C(=O)[C@@H](N=[N+]=[N-])C(C)C)cc1. The highest BCUT2D eigenvalue weighted by Crippen LogP contribution is 2.26. The molecule has 2 heterocycles. The van der Waals surface area contributed by atoms with E-state index in [2.05, 4.69) is 20.3 Å². The molecule has 0 aliphatic carbocycles. The fourth-order valence-electron chi connectivity index (χ4n) is 4.19. The van der Waals surface area contributed by atoms with E-state index < -0.39 is 36.0 Å². The van der Waals surface area contributed by atoms with Crippen LogP contribution in [0.4, 0.5) is 0 Å². The van der Waals surface area contributed by atoms with Crippen LogP contribution in [-0.4, -0.2) is 63.3 Å². The molecule has 1 aromatic heterocycles. The monoisotopic (exact) mass is 466 g/mol. The fourth-order valence-corrected chi connectivity index (χ4v) is 4.19. The van der Waals surface area contributed by atoms with Crippen LogP contribution < -0.4 is 5.32 Å². The third kappa shape index (κ3) is 5.53. The number of nitrogens with one attached hydrogen (secondary N) is 1. The molecule has 10 nitrogen and oxygen atoms in total. The van der Waals surface area contributed by atoms with Gasteiger partial charge in [-0.25, -0.2) is 0 Å². The number of aliphatic hydroxyl groups excluding tert-OH is 2. The molecule has 2 amide bonds. The molecule has 1 fully saturated rings. The van der Waals surface area contributed by atoms with Crippen LogP contribution in [0.3, 0.4) is 0 Å². The molecule has 0 unspecified atom stereocenters. The van der Waals surface area contributed by atoms with Crippen LogP contribution in [0.5, 0.6) is 0 Å². The van der Waals surface area contributed by atoms with E-state index in [4.69, 9.17) is 5.53 Å². The predicted molar refractivity (Wildman–Crippen MR) is 126 cm³/mol. The molecule has 180 valence electrons. The number of aliphatic hydroxyl groups is 2. The zero-order valence-corrected chi connectivity index (χ0v) is 19.5. The van der Waals surface area contributed by atoms with E-state index in [9.17, 15) is 19.8 Å². The van der Waals surface area contributed by atoms with Gasteiger partial charge in [0.15, 0.2) is 0 Å².